The highest BCUT2D eigenvalue weighted by molar-refractivity contribution is 5.77. The maximum absolute atomic E-state index is 11.3. The largest absolute Gasteiger partial charge is 0.481 e. The Kier molecular flexibility index (Phi) is 3.80. The van der Waals surface area contributed by atoms with E-state index in [-0.39, 0.29) is 0 Å². The molecule has 0 saturated carbocycles. The van der Waals surface area contributed by atoms with E-state index >= 15 is 0 Å². The minimum absolute atomic E-state index is 0.302. The highest BCUT2D eigenvalue weighted by atomic mass is 16.5. The molecule has 0 unspecified atom stereocenters. The van der Waals surface area contributed by atoms with Gasteiger partial charge in [0.15, 0.2) is 0 Å². The van der Waals surface area contributed by atoms with Gasteiger partial charge < -0.3 is 14.7 Å². The van der Waals surface area contributed by atoms with Crippen LogP contribution in [0.5, 0.6) is 0 Å². The van der Waals surface area contributed by atoms with Crippen LogP contribution in [0.3, 0.4) is 0 Å². The maximum atomic E-state index is 11.3. The number of carboxylic acids is 1. The number of aliphatic carboxylic acids is 1. The molecule has 4 heteroatoms. The summed E-state index contributed by atoms with van der Waals surface area (Å²) >= 11 is 0. The molecule has 19 heavy (non-hydrogen) atoms. The molecule has 1 aromatic carbocycles. The van der Waals surface area contributed by atoms with E-state index in [0.29, 0.717) is 25.7 Å². The van der Waals surface area contributed by atoms with Crippen molar-refractivity contribution in [1.82, 2.24) is 0 Å². The summed E-state index contributed by atoms with van der Waals surface area (Å²) in [6, 6.07) is 8.29. The predicted octanol–water partition coefficient (Wildman–Crippen LogP) is 2.35. The Bertz CT molecular complexity index is 449. The van der Waals surface area contributed by atoms with Crippen molar-refractivity contribution in [3.05, 3.63) is 29.8 Å². The molecule has 0 aliphatic carbocycles. The minimum atomic E-state index is -0.774. The zero-order valence-corrected chi connectivity index (χ0v) is 11.7. The van der Waals surface area contributed by atoms with Crippen molar-refractivity contribution in [1.29, 1.82) is 0 Å². The number of rotatable bonds is 5. The van der Waals surface area contributed by atoms with Gasteiger partial charge in [0.25, 0.3) is 0 Å². The van der Waals surface area contributed by atoms with Crippen LogP contribution in [0.25, 0.3) is 0 Å². The van der Waals surface area contributed by atoms with Crippen LogP contribution in [0.4, 0.5) is 5.69 Å². The fourth-order valence-electron chi connectivity index (χ4n) is 2.29. The second-order valence-electron chi connectivity index (χ2n) is 5.68. The first-order valence-corrected chi connectivity index (χ1v) is 6.57. The van der Waals surface area contributed by atoms with Gasteiger partial charge in [-0.3, -0.25) is 4.79 Å². The molecule has 0 spiro atoms. The summed E-state index contributed by atoms with van der Waals surface area (Å²) in [5, 5.41) is 9.29. The first-order chi connectivity index (χ1) is 8.94. The number of carboxylic acid groups (broad SMARTS) is 1. The van der Waals surface area contributed by atoms with Gasteiger partial charge in [-0.15, -0.1) is 0 Å². The van der Waals surface area contributed by atoms with Crippen LogP contribution < -0.4 is 4.90 Å². The summed E-state index contributed by atoms with van der Waals surface area (Å²) in [6.07, 6.45) is 0. The number of nitrogens with zero attached hydrogens (tertiary/aromatic N) is 1. The van der Waals surface area contributed by atoms with Crippen LogP contribution >= 0.6 is 0 Å². The number of anilines is 1. The Balaban J connectivity index is 2.07. The molecule has 1 saturated heterocycles. The SMILES string of the molecule is CC(C)c1ccc(N(C)CC2(C(=O)O)COC2)cc1. The molecule has 0 amide bonds. The number of hydrogen-bond donors (Lipinski definition) is 1. The van der Waals surface area contributed by atoms with E-state index in [9.17, 15) is 9.90 Å². The number of hydrogen-bond acceptors (Lipinski definition) is 3. The lowest BCUT2D eigenvalue weighted by Crippen LogP contribution is -2.55. The summed E-state index contributed by atoms with van der Waals surface area (Å²) in [4.78, 5) is 13.3. The van der Waals surface area contributed by atoms with Crippen LogP contribution in [0.15, 0.2) is 24.3 Å². The molecule has 1 aromatic rings. The van der Waals surface area contributed by atoms with Crippen molar-refractivity contribution in [2.75, 3.05) is 31.7 Å². The second kappa shape index (κ2) is 5.21. The lowest BCUT2D eigenvalue weighted by atomic mass is 9.85. The molecule has 1 fully saturated rings. The van der Waals surface area contributed by atoms with Crippen molar-refractivity contribution in [2.45, 2.75) is 19.8 Å². The molecule has 1 aliphatic heterocycles. The van der Waals surface area contributed by atoms with E-state index in [1.165, 1.54) is 5.56 Å². The number of carbonyl (C=O) groups is 1. The van der Waals surface area contributed by atoms with Crippen LogP contribution in [-0.4, -0.2) is 37.9 Å². The van der Waals surface area contributed by atoms with Crippen LogP contribution in [-0.2, 0) is 9.53 Å². The fraction of sp³-hybridized carbons (Fsp3) is 0.533. The summed E-state index contributed by atoms with van der Waals surface area (Å²) < 4.78 is 5.08. The molecule has 1 aliphatic rings. The molecular formula is C15H21NO3. The fourth-order valence-corrected chi connectivity index (χ4v) is 2.29. The van der Waals surface area contributed by atoms with Gasteiger partial charge in [0, 0.05) is 19.3 Å². The van der Waals surface area contributed by atoms with Crippen molar-refractivity contribution in [2.24, 2.45) is 5.41 Å². The van der Waals surface area contributed by atoms with Gasteiger partial charge in [-0.1, -0.05) is 26.0 Å². The van der Waals surface area contributed by atoms with E-state index in [2.05, 4.69) is 26.0 Å². The average Bonchev–Trinajstić information content (AvgIpc) is 2.33. The zero-order valence-electron chi connectivity index (χ0n) is 11.7. The molecule has 0 atom stereocenters. The Hall–Kier alpha value is -1.55. The normalized spacial score (nSPS) is 17.1. The van der Waals surface area contributed by atoms with E-state index in [4.69, 9.17) is 4.74 Å². The van der Waals surface area contributed by atoms with Gasteiger partial charge in [-0.05, 0) is 23.6 Å². The van der Waals surface area contributed by atoms with Crippen molar-refractivity contribution < 1.29 is 14.6 Å². The lowest BCUT2D eigenvalue weighted by Gasteiger charge is -2.40. The van der Waals surface area contributed by atoms with Crippen LogP contribution in [0.1, 0.15) is 25.3 Å². The molecule has 0 aromatic heterocycles. The third-order valence-corrected chi connectivity index (χ3v) is 3.75. The van der Waals surface area contributed by atoms with Crippen LogP contribution in [0.2, 0.25) is 0 Å². The third kappa shape index (κ3) is 2.73. The Morgan fingerprint density at radius 1 is 1.37 bits per heavy atom. The molecule has 4 nitrogen and oxygen atoms in total. The van der Waals surface area contributed by atoms with Gasteiger partial charge >= 0.3 is 5.97 Å². The van der Waals surface area contributed by atoms with Gasteiger partial charge in [0.2, 0.25) is 0 Å². The summed E-state index contributed by atoms with van der Waals surface area (Å²) in [6.45, 7) is 5.39. The Labute approximate surface area is 114 Å². The standard InChI is InChI=1S/C15H21NO3/c1-11(2)12-4-6-13(7-5-12)16(3)8-15(14(17)18)9-19-10-15/h4-7,11H,8-10H2,1-3H3,(H,17,18). The highest BCUT2D eigenvalue weighted by Crippen LogP contribution is 2.30. The monoisotopic (exact) mass is 263 g/mol. The van der Waals surface area contributed by atoms with E-state index in [1.54, 1.807) is 0 Å². The maximum Gasteiger partial charge on any atom is 0.316 e. The number of benzene rings is 1. The third-order valence-electron chi connectivity index (χ3n) is 3.75. The van der Waals surface area contributed by atoms with Crippen molar-refractivity contribution >= 4 is 11.7 Å². The zero-order chi connectivity index (χ0) is 14.0. The quantitative estimate of drug-likeness (QED) is 0.886. The molecular weight excluding hydrogens is 242 g/mol. The van der Waals surface area contributed by atoms with Gasteiger partial charge in [-0.25, -0.2) is 0 Å². The highest BCUT2D eigenvalue weighted by Gasteiger charge is 2.47. The van der Waals surface area contributed by atoms with Crippen molar-refractivity contribution in [3.8, 4) is 0 Å². The van der Waals surface area contributed by atoms with E-state index < -0.39 is 11.4 Å². The lowest BCUT2D eigenvalue weighted by molar-refractivity contribution is -0.177. The first kappa shape index (κ1) is 13.9. The molecule has 0 radical (unpaired) electrons. The Morgan fingerprint density at radius 2 is 1.95 bits per heavy atom. The Morgan fingerprint density at radius 3 is 2.32 bits per heavy atom. The first-order valence-electron chi connectivity index (χ1n) is 6.57. The van der Waals surface area contributed by atoms with E-state index in [1.807, 2.05) is 24.1 Å². The molecule has 2 rings (SSSR count). The van der Waals surface area contributed by atoms with Crippen LogP contribution in [0, 0.1) is 5.41 Å². The predicted molar refractivity (Wildman–Crippen MR) is 74.7 cm³/mol. The average molecular weight is 263 g/mol. The van der Waals surface area contributed by atoms with Gasteiger partial charge in [0.1, 0.15) is 5.41 Å². The van der Waals surface area contributed by atoms with Crippen molar-refractivity contribution in [3.63, 3.8) is 0 Å². The summed E-state index contributed by atoms with van der Waals surface area (Å²) in [5.74, 6) is -0.269. The topological polar surface area (TPSA) is 49.8 Å². The molecule has 1 heterocycles. The second-order valence-corrected chi connectivity index (χ2v) is 5.68. The number of ether oxygens (including phenoxy) is 1. The van der Waals surface area contributed by atoms with E-state index in [0.717, 1.165) is 5.69 Å². The molecule has 104 valence electrons. The van der Waals surface area contributed by atoms with Gasteiger partial charge in [0.05, 0.1) is 13.2 Å². The smallest absolute Gasteiger partial charge is 0.316 e. The molecule has 1 N–H and O–H groups in total. The summed E-state index contributed by atoms with van der Waals surface area (Å²) in [5.41, 5.74) is 1.58. The molecule has 0 bridgehead atoms. The summed E-state index contributed by atoms with van der Waals surface area (Å²) in [7, 11) is 1.92. The minimum Gasteiger partial charge on any atom is -0.481 e. The van der Waals surface area contributed by atoms with Gasteiger partial charge in [-0.2, -0.15) is 0 Å².